The molecule has 1 aromatic heterocycles. The van der Waals surface area contributed by atoms with Gasteiger partial charge in [-0.15, -0.1) is 0 Å². The van der Waals surface area contributed by atoms with E-state index >= 15 is 0 Å². The Morgan fingerprint density at radius 3 is 1.59 bits per heavy atom. The van der Waals surface area contributed by atoms with Crippen LogP contribution in [-0.4, -0.2) is 11.8 Å². The molecule has 8 fully saturated rings. The van der Waals surface area contributed by atoms with E-state index in [2.05, 4.69) is 16.7 Å². The maximum Gasteiger partial charge on any atom is 0.291 e. The van der Waals surface area contributed by atoms with Crippen molar-refractivity contribution in [3.63, 3.8) is 0 Å². The van der Waals surface area contributed by atoms with E-state index in [1.54, 1.807) is 0 Å². The Kier molecular flexibility index (Phi) is 4.83. The van der Waals surface area contributed by atoms with Crippen LogP contribution in [0.25, 0.3) is 0 Å². The quantitative estimate of drug-likeness (QED) is 0.460. The summed E-state index contributed by atoms with van der Waals surface area (Å²) in [4.78, 5) is 26.4. The predicted molar refractivity (Wildman–Crippen MR) is 142 cm³/mol. The standard InChI is InChI=1S/C32H38N2O3/c35-29(27-5-6-28(37-27)31-13-19-7-20(14-31)9-21(8-19)15-31)33-25-1-3-26(4-2-25)34-30(36)32-16-22-10-23(17-32)12-24(11-22)18-32/h1-6,19-24H,7-18H2,(H,33,35)(H,34,36). The molecule has 194 valence electrons. The minimum atomic E-state index is -0.207. The van der Waals surface area contributed by atoms with Crippen molar-refractivity contribution in [1.29, 1.82) is 0 Å². The fraction of sp³-hybridized carbons (Fsp3) is 0.625. The molecule has 0 aliphatic heterocycles. The number of hydrogen-bond acceptors (Lipinski definition) is 3. The summed E-state index contributed by atoms with van der Waals surface area (Å²) in [5.74, 6) is 6.20. The van der Waals surface area contributed by atoms with Crippen molar-refractivity contribution >= 4 is 23.2 Å². The SMILES string of the molecule is O=C(Nc1ccc(NC(=O)C23CC4CC(CC(C4)C2)C3)cc1)c1ccc(C23CC4CC(CC(C4)C2)C3)o1. The van der Waals surface area contributed by atoms with Crippen LogP contribution < -0.4 is 10.6 Å². The average Bonchev–Trinajstić information content (AvgIpc) is 3.35. The van der Waals surface area contributed by atoms with Gasteiger partial charge in [-0.2, -0.15) is 0 Å². The van der Waals surface area contributed by atoms with Gasteiger partial charge in [0.1, 0.15) is 5.76 Å². The summed E-state index contributed by atoms with van der Waals surface area (Å²) in [5.41, 5.74) is 1.52. The van der Waals surface area contributed by atoms with E-state index in [9.17, 15) is 9.59 Å². The van der Waals surface area contributed by atoms with E-state index in [-0.39, 0.29) is 22.6 Å². The lowest BCUT2D eigenvalue weighted by Crippen LogP contribution is -2.51. The number of hydrogen-bond donors (Lipinski definition) is 2. The number of carbonyl (C=O) groups excluding carboxylic acids is 2. The maximum atomic E-state index is 13.4. The molecule has 2 amide bonds. The van der Waals surface area contributed by atoms with E-state index in [1.807, 2.05) is 30.3 Å². The van der Waals surface area contributed by atoms with Gasteiger partial charge in [0.2, 0.25) is 5.91 Å². The molecule has 8 aliphatic rings. The van der Waals surface area contributed by atoms with Crippen LogP contribution >= 0.6 is 0 Å². The summed E-state index contributed by atoms with van der Waals surface area (Å²) in [6.07, 6.45) is 15.1. The maximum absolute atomic E-state index is 13.4. The third kappa shape index (κ3) is 3.71. The fourth-order valence-corrected chi connectivity index (χ4v) is 10.6. The van der Waals surface area contributed by atoms with Crippen LogP contribution in [0.15, 0.2) is 40.8 Å². The fourth-order valence-electron chi connectivity index (χ4n) is 10.6. The minimum Gasteiger partial charge on any atom is -0.455 e. The Balaban J connectivity index is 0.923. The molecule has 1 heterocycles. The van der Waals surface area contributed by atoms with Crippen molar-refractivity contribution in [2.75, 3.05) is 10.6 Å². The number of benzene rings is 1. The van der Waals surface area contributed by atoms with Crippen LogP contribution in [-0.2, 0) is 10.2 Å². The largest absolute Gasteiger partial charge is 0.455 e. The molecule has 1 aromatic carbocycles. The summed E-state index contributed by atoms with van der Waals surface area (Å²) in [5, 5.41) is 6.20. The number of rotatable bonds is 5. The topological polar surface area (TPSA) is 71.3 Å². The van der Waals surface area contributed by atoms with Gasteiger partial charge in [0.05, 0.1) is 5.41 Å². The van der Waals surface area contributed by atoms with Gasteiger partial charge in [-0.25, -0.2) is 0 Å². The van der Waals surface area contributed by atoms with Crippen molar-refractivity contribution in [2.45, 2.75) is 82.5 Å². The molecule has 5 heteroatoms. The summed E-state index contributed by atoms with van der Waals surface area (Å²) in [6.45, 7) is 0. The Hall–Kier alpha value is -2.56. The van der Waals surface area contributed by atoms with Crippen molar-refractivity contribution in [3.05, 3.63) is 47.9 Å². The first-order valence-electron chi connectivity index (χ1n) is 14.8. The minimum absolute atomic E-state index is 0.157. The number of anilines is 2. The van der Waals surface area contributed by atoms with Gasteiger partial charge < -0.3 is 15.1 Å². The first-order valence-corrected chi connectivity index (χ1v) is 14.8. The third-order valence-electron chi connectivity index (χ3n) is 11.3. The Morgan fingerprint density at radius 2 is 1.08 bits per heavy atom. The number of furan rings is 1. The van der Waals surface area contributed by atoms with E-state index in [0.29, 0.717) is 11.4 Å². The van der Waals surface area contributed by atoms with Crippen molar-refractivity contribution in [2.24, 2.45) is 40.9 Å². The first-order chi connectivity index (χ1) is 17.9. The van der Waals surface area contributed by atoms with E-state index in [0.717, 1.165) is 66.2 Å². The predicted octanol–water partition coefficient (Wildman–Crippen LogP) is 7.15. The molecular formula is C32H38N2O3. The summed E-state index contributed by atoms with van der Waals surface area (Å²) >= 11 is 0. The Labute approximate surface area is 219 Å². The summed E-state index contributed by atoms with van der Waals surface area (Å²) in [7, 11) is 0. The van der Waals surface area contributed by atoms with Gasteiger partial charge in [-0.1, -0.05) is 0 Å². The lowest BCUT2D eigenvalue weighted by atomic mass is 9.49. The van der Waals surface area contributed by atoms with Crippen LogP contribution in [0.5, 0.6) is 0 Å². The molecule has 8 bridgehead atoms. The number of amides is 2. The molecule has 8 saturated carbocycles. The molecule has 10 rings (SSSR count). The first kappa shape index (κ1) is 22.4. The molecule has 0 spiro atoms. The molecule has 0 atom stereocenters. The molecule has 5 nitrogen and oxygen atoms in total. The molecule has 0 radical (unpaired) electrons. The highest BCUT2D eigenvalue weighted by Crippen LogP contribution is 2.61. The molecule has 0 unspecified atom stereocenters. The second-order valence-corrected chi connectivity index (χ2v) is 14.0. The highest BCUT2D eigenvalue weighted by molar-refractivity contribution is 6.02. The van der Waals surface area contributed by atoms with E-state index in [1.165, 1.54) is 57.8 Å². The molecule has 8 aliphatic carbocycles. The van der Waals surface area contributed by atoms with Crippen molar-refractivity contribution in [1.82, 2.24) is 0 Å². The number of nitrogens with one attached hydrogen (secondary N) is 2. The average molecular weight is 499 g/mol. The lowest BCUT2D eigenvalue weighted by molar-refractivity contribution is -0.140. The van der Waals surface area contributed by atoms with Crippen LogP contribution in [0.3, 0.4) is 0 Å². The second-order valence-electron chi connectivity index (χ2n) is 14.0. The van der Waals surface area contributed by atoms with E-state index in [4.69, 9.17) is 4.42 Å². The van der Waals surface area contributed by atoms with Gasteiger partial charge in [0, 0.05) is 16.8 Å². The van der Waals surface area contributed by atoms with Crippen LogP contribution in [0.1, 0.15) is 93.4 Å². The van der Waals surface area contributed by atoms with E-state index < -0.39 is 0 Å². The second kappa shape index (κ2) is 7.97. The van der Waals surface area contributed by atoms with Crippen LogP contribution in [0.4, 0.5) is 11.4 Å². The Morgan fingerprint density at radius 1 is 0.622 bits per heavy atom. The third-order valence-corrected chi connectivity index (χ3v) is 11.3. The van der Waals surface area contributed by atoms with Crippen LogP contribution in [0, 0.1) is 40.9 Å². The highest BCUT2D eigenvalue weighted by Gasteiger charge is 2.55. The molecule has 2 aromatic rings. The van der Waals surface area contributed by atoms with Gasteiger partial charge in [-0.3, -0.25) is 9.59 Å². The molecule has 37 heavy (non-hydrogen) atoms. The van der Waals surface area contributed by atoms with Gasteiger partial charge in [0.25, 0.3) is 5.91 Å². The highest BCUT2D eigenvalue weighted by atomic mass is 16.4. The molecule has 0 saturated heterocycles. The van der Waals surface area contributed by atoms with Crippen molar-refractivity contribution in [3.8, 4) is 0 Å². The zero-order valence-corrected chi connectivity index (χ0v) is 21.6. The molecule has 2 N–H and O–H groups in total. The Bertz CT molecular complexity index is 1170. The van der Waals surface area contributed by atoms with Gasteiger partial charge in [-0.05, 0) is 149 Å². The summed E-state index contributed by atoms with van der Waals surface area (Å²) in [6, 6.07) is 11.5. The molecular weight excluding hydrogens is 460 g/mol. The van der Waals surface area contributed by atoms with Crippen LogP contribution in [0.2, 0.25) is 0 Å². The zero-order valence-electron chi connectivity index (χ0n) is 21.6. The smallest absolute Gasteiger partial charge is 0.291 e. The normalized spacial score (nSPS) is 40.6. The van der Waals surface area contributed by atoms with Crippen molar-refractivity contribution < 1.29 is 14.0 Å². The summed E-state index contributed by atoms with van der Waals surface area (Å²) < 4.78 is 6.23. The van der Waals surface area contributed by atoms with Gasteiger partial charge >= 0.3 is 0 Å². The monoisotopic (exact) mass is 498 g/mol. The lowest BCUT2D eigenvalue weighted by Gasteiger charge is -2.55. The zero-order chi connectivity index (χ0) is 24.8. The van der Waals surface area contributed by atoms with Gasteiger partial charge in [0.15, 0.2) is 5.76 Å². The number of carbonyl (C=O) groups is 2.